The summed E-state index contributed by atoms with van der Waals surface area (Å²) in [5, 5.41) is 5.55. The Morgan fingerprint density at radius 2 is 1.90 bits per heavy atom. The van der Waals surface area contributed by atoms with E-state index in [0.29, 0.717) is 0 Å². The fourth-order valence-corrected chi connectivity index (χ4v) is 1.88. The van der Waals surface area contributed by atoms with Crippen LogP contribution in [0.4, 0.5) is 4.79 Å². The second-order valence-electron chi connectivity index (χ2n) is 6.11. The molecule has 1 rings (SSSR count). The molecule has 0 aliphatic heterocycles. The van der Waals surface area contributed by atoms with Crippen LogP contribution in [0.1, 0.15) is 31.9 Å². The van der Waals surface area contributed by atoms with Crippen molar-refractivity contribution in [2.75, 3.05) is 6.54 Å². The lowest BCUT2D eigenvalue weighted by Crippen LogP contribution is -2.47. The van der Waals surface area contributed by atoms with Gasteiger partial charge < -0.3 is 16.4 Å². The Morgan fingerprint density at radius 1 is 1.29 bits per heavy atom. The van der Waals surface area contributed by atoms with Crippen LogP contribution in [0.25, 0.3) is 0 Å². The molecule has 0 spiro atoms. The summed E-state index contributed by atoms with van der Waals surface area (Å²) in [5.41, 5.74) is 6.93. The van der Waals surface area contributed by atoms with E-state index in [-0.39, 0.29) is 18.6 Å². The Morgan fingerprint density at radius 3 is 2.48 bits per heavy atom. The van der Waals surface area contributed by atoms with Crippen molar-refractivity contribution < 1.29 is 9.59 Å². The minimum atomic E-state index is -0.753. The highest BCUT2D eigenvalue weighted by Crippen LogP contribution is 2.12. The molecule has 0 unspecified atom stereocenters. The SMILES string of the molecule is Cc1ccccc1C[C@@H](C)NC(=O)NCC(C)(C)C(N)=O. The van der Waals surface area contributed by atoms with Gasteiger partial charge in [0.15, 0.2) is 0 Å². The first kappa shape index (κ1) is 17.0. The Kier molecular flexibility index (Phi) is 5.76. The largest absolute Gasteiger partial charge is 0.369 e. The maximum absolute atomic E-state index is 11.8. The fraction of sp³-hybridized carbons (Fsp3) is 0.500. The van der Waals surface area contributed by atoms with Gasteiger partial charge in [0.2, 0.25) is 5.91 Å². The van der Waals surface area contributed by atoms with Crippen LogP contribution in [0.3, 0.4) is 0 Å². The maximum atomic E-state index is 11.8. The summed E-state index contributed by atoms with van der Waals surface area (Å²) in [4.78, 5) is 23.0. The van der Waals surface area contributed by atoms with Gasteiger partial charge >= 0.3 is 6.03 Å². The van der Waals surface area contributed by atoms with E-state index in [9.17, 15) is 9.59 Å². The van der Waals surface area contributed by atoms with Gasteiger partial charge in [-0.15, -0.1) is 0 Å². The molecule has 1 atom stereocenters. The Bertz CT molecular complexity index is 512. The van der Waals surface area contributed by atoms with Crippen molar-refractivity contribution in [3.63, 3.8) is 0 Å². The van der Waals surface area contributed by atoms with Crippen molar-refractivity contribution in [2.45, 2.75) is 40.2 Å². The van der Waals surface area contributed by atoms with Gasteiger partial charge in [-0.1, -0.05) is 24.3 Å². The summed E-state index contributed by atoms with van der Waals surface area (Å²) >= 11 is 0. The third-order valence-corrected chi connectivity index (χ3v) is 3.52. The molecule has 0 saturated carbocycles. The molecule has 0 heterocycles. The summed E-state index contributed by atoms with van der Waals surface area (Å²) in [6.07, 6.45) is 0.763. The summed E-state index contributed by atoms with van der Waals surface area (Å²) in [7, 11) is 0. The van der Waals surface area contributed by atoms with Crippen LogP contribution in [0.5, 0.6) is 0 Å². The molecule has 0 aliphatic carbocycles. The fourth-order valence-electron chi connectivity index (χ4n) is 1.88. The maximum Gasteiger partial charge on any atom is 0.315 e. The number of nitrogens with two attached hydrogens (primary N) is 1. The molecule has 4 N–H and O–H groups in total. The summed E-state index contributed by atoms with van der Waals surface area (Å²) in [6.45, 7) is 7.62. The number of carbonyl (C=O) groups is 2. The summed E-state index contributed by atoms with van der Waals surface area (Å²) in [5.74, 6) is -0.434. The molecule has 5 heteroatoms. The Balaban J connectivity index is 2.45. The van der Waals surface area contributed by atoms with E-state index in [0.717, 1.165) is 6.42 Å². The van der Waals surface area contributed by atoms with Crippen LogP contribution in [0, 0.1) is 12.3 Å². The molecule has 3 amide bonds. The number of amides is 3. The van der Waals surface area contributed by atoms with Crippen molar-refractivity contribution in [3.05, 3.63) is 35.4 Å². The van der Waals surface area contributed by atoms with Gasteiger partial charge in [0.05, 0.1) is 5.41 Å². The van der Waals surface area contributed by atoms with E-state index in [1.807, 2.05) is 19.1 Å². The average Bonchev–Trinajstić information content (AvgIpc) is 2.39. The molecule has 5 nitrogen and oxygen atoms in total. The van der Waals surface area contributed by atoms with Gasteiger partial charge in [-0.3, -0.25) is 4.79 Å². The normalized spacial score (nSPS) is 12.6. The monoisotopic (exact) mass is 291 g/mol. The van der Waals surface area contributed by atoms with Gasteiger partial charge in [-0.25, -0.2) is 4.79 Å². The predicted molar refractivity (Wildman–Crippen MR) is 83.9 cm³/mol. The number of urea groups is 1. The number of benzene rings is 1. The van der Waals surface area contributed by atoms with Crippen LogP contribution < -0.4 is 16.4 Å². The smallest absolute Gasteiger partial charge is 0.315 e. The van der Waals surface area contributed by atoms with Crippen molar-refractivity contribution >= 4 is 11.9 Å². The van der Waals surface area contributed by atoms with Gasteiger partial charge in [-0.05, 0) is 45.2 Å². The molecular formula is C16H25N3O2. The molecule has 1 aromatic rings. The first-order valence-electron chi connectivity index (χ1n) is 7.11. The molecule has 0 radical (unpaired) electrons. The number of carbonyl (C=O) groups excluding carboxylic acids is 2. The zero-order valence-corrected chi connectivity index (χ0v) is 13.2. The standard InChI is InChI=1S/C16H25N3O2/c1-11-7-5-6-8-13(11)9-12(2)19-15(21)18-10-16(3,4)14(17)20/h5-8,12H,9-10H2,1-4H3,(H2,17,20)(H2,18,19,21)/t12-/m1/s1. The topological polar surface area (TPSA) is 84.2 Å². The summed E-state index contributed by atoms with van der Waals surface area (Å²) in [6, 6.07) is 7.81. The molecule has 116 valence electrons. The minimum Gasteiger partial charge on any atom is -0.369 e. The lowest BCUT2D eigenvalue weighted by molar-refractivity contribution is -0.125. The number of aryl methyl sites for hydroxylation is 1. The van der Waals surface area contributed by atoms with Gasteiger partial charge in [0.25, 0.3) is 0 Å². The first-order chi connectivity index (χ1) is 9.72. The van der Waals surface area contributed by atoms with E-state index in [2.05, 4.69) is 29.7 Å². The highest BCUT2D eigenvalue weighted by Gasteiger charge is 2.25. The van der Waals surface area contributed by atoms with E-state index >= 15 is 0 Å². The number of rotatable bonds is 6. The van der Waals surface area contributed by atoms with Crippen molar-refractivity contribution in [1.29, 1.82) is 0 Å². The summed E-state index contributed by atoms with van der Waals surface area (Å²) < 4.78 is 0. The van der Waals surface area contributed by atoms with Gasteiger partial charge in [0.1, 0.15) is 0 Å². The third-order valence-electron chi connectivity index (χ3n) is 3.52. The number of hydrogen-bond acceptors (Lipinski definition) is 2. The van der Waals surface area contributed by atoms with Crippen molar-refractivity contribution in [1.82, 2.24) is 10.6 Å². The molecule has 21 heavy (non-hydrogen) atoms. The molecule has 0 saturated heterocycles. The molecule has 0 aromatic heterocycles. The average molecular weight is 291 g/mol. The number of hydrogen-bond donors (Lipinski definition) is 3. The highest BCUT2D eigenvalue weighted by molar-refractivity contribution is 5.81. The van der Waals surface area contributed by atoms with Gasteiger partial charge in [-0.2, -0.15) is 0 Å². The van der Waals surface area contributed by atoms with Crippen LogP contribution in [0.15, 0.2) is 24.3 Å². The van der Waals surface area contributed by atoms with E-state index in [1.165, 1.54) is 11.1 Å². The van der Waals surface area contributed by atoms with Gasteiger partial charge in [0, 0.05) is 12.6 Å². The highest BCUT2D eigenvalue weighted by atomic mass is 16.2. The second kappa shape index (κ2) is 7.11. The van der Waals surface area contributed by atoms with Crippen LogP contribution in [0.2, 0.25) is 0 Å². The number of primary amides is 1. The van der Waals surface area contributed by atoms with Crippen LogP contribution in [-0.4, -0.2) is 24.5 Å². The van der Waals surface area contributed by atoms with Crippen LogP contribution >= 0.6 is 0 Å². The Labute approximate surface area is 126 Å². The first-order valence-corrected chi connectivity index (χ1v) is 7.11. The number of nitrogens with one attached hydrogen (secondary N) is 2. The van der Waals surface area contributed by atoms with Crippen molar-refractivity contribution in [2.24, 2.45) is 11.1 Å². The quantitative estimate of drug-likeness (QED) is 0.746. The third kappa shape index (κ3) is 5.45. The molecule has 0 aliphatic rings. The molecule has 0 bridgehead atoms. The zero-order chi connectivity index (χ0) is 16.0. The minimum absolute atomic E-state index is 0.00258. The molecule has 0 fully saturated rings. The molecular weight excluding hydrogens is 266 g/mol. The van der Waals surface area contributed by atoms with E-state index < -0.39 is 11.3 Å². The van der Waals surface area contributed by atoms with Crippen molar-refractivity contribution in [3.8, 4) is 0 Å². The second-order valence-corrected chi connectivity index (χ2v) is 6.11. The van der Waals surface area contributed by atoms with E-state index in [4.69, 9.17) is 5.73 Å². The zero-order valence-electron chi connectivity index (χ0n) is 13.2. The molecule has 1 aromatic carbocycles. The Hall–Kier alpha value is -2.04. The predicted octanol–water partition coefficient (Wildman–Crippen LogP) is 1.74. The van der Waals surface area contributed by atoms with E-state index in [1.54, 1.807) is 13.8 Å². The van der Waals surface area contributed by atoms with Crippen LogP contribution in [-0.2, 0) is 11.2 Å². The lowest BCUT2D eigenvalue weighted by Gasteiger charge is -2.22. The lowest BCUT2D eigenvalue weighted by atomic mass is 9.93.